The molecule has 5 heteroatoms. The predicted molar refractivity (Wildman–Crippen MR) is 68.8 cm³/mol. The highest BCUT2D eigenvalue weighted by Crippen LogP contribution is 2.43. The van der Waals surface area contributed by atoms with Gasteiger partial charge in [-0.25, -0.2) is 4.39 Å². The third-order valence-corrected chi connectivity index (χ3v) is 3.42. The topological polar surface area (TPSA) is 52.4 Å². The van der Waals surface area contributed by atoms with Crippen LogP contribution in [0.3, 0.4) is 0 Å². The fourth-order valence-electron chi connectivity index (χ4n) is 2.32. The second-order valence-electron chi connectivity index (χ2n) is 5.11. The van der Waals surface area contributed by atoms with Crippen molar-refractivity contribution in [3.63, 3.8) is 0 Å². The van der Waals surface area contributed by atoms with Crippen LogP contribution < -0.4 is 4.74 Å². The second-order valence-corrected chi connectivity index (χ2v) is 5.11. The molecule has 1 aromatic rings. The van der Waals surface area contributed by atoms with Gasteiger partial charge < -0.3 is 4.74 Å². The molecule has 4 nitrogen and oxygen atoms in total. The highest BCUT2D eigenvalue weighted by atomic mass is 19.1. The highest BCUT2D eigenvalue weighted by Gasteiger charge is 2.41. The number of alkyl halides is 1. The van der Waals surface area contributed by atoms with E-state index in [0.29, 0.717) is 11.3 Å². The highest BCUT2D eigenvalue weighted by molar-refractivity contribution is 5.49. The van der Waals surface area contributed by atoms with Crippen molar-refractivity contribution in [2.45, 2.75) is 25.4 Å². The summed E-state index contributed by atoms with van der Waals surface area (Å²) in [6.45, 7) is 3.05. The van der Waals surface area contributed by atoms with Crippen molar-refractivity contribution in [1.29, 1.82) is 0 Å². The lowest BCUT2D eigenvalue weighted by Crippen LogP contribution is -2.38. The molecule has 1 aliphatic heterocycles. The standard InChI is InChI=1S/C14H14FNO3/c1-4-10-11-7-9(16(17)18)5-6-13(11)19-8-12(10)14(2,3)15/h1,5-7,10,12H,8H2,2-3H3/t10-,12-/m1/s1. The lowest BCUT2D eigenvalue weighted by molar-refractivity contribution is -0.385. The molecule has 0 N–H and O–H groups in total. The number of fused-ring (bicyclic) bond motifs is 1. The quantitative estimate of drug-likeness (QED) is 0.468. The number of nitro benzene ring substituents is 1. The first-order valence-corrected chi connectivity index (χ1v) is 5.90. The van der Waals surface area contributed by atoms with Gasteiger partial charge in [0.1, 0.15) is 11.4 Å². The fraction of sp³-hybridized carbons (Fsp3) is 0.429. The van der Waals surface area contributed by atoms with E-state index in [1.807, 2.05) is 0 Å². The van der Waals surface area contributed by atoms with Crippen molar-refractivity contribution in [1.82, 2.24) is 0 Å². The van der Waals surface area contributed by atoms with Crippen molar-refractivity contribution in [3.8, 4) is 18.1 Å². The summed E-state index contributed by atoms with van der Waals surface area (Å²) in [7, 11) is 0. The number of non-ortho nitro benzene ring substituents is 1. The molecule has 0 saturated carbocycles. The largest absolute Gasteiger partial charge is 0.493 e. The number of hydrogen-bond acceptors (Lipinski definition) is 3. The van der Waals surface area contributed by atoms with Gasteiger partial charge in [0.25, 0.3) is 5.69 Å². The zero-order valence-electron chi connectivity index (χ0n) is 10.7. The monoisotopic (exact) mass is 263 g/mol. The maximum Gasteiger partial charge on any atom is 0.270 e. The molecule has 0 bridgehead atoms. The molecule has 1 aromatic carbocycles. The van der Waals surface area contributed by atoms with Crippen molar-refractivity contribution in [2.75, 3.05) is 6.61 Å². The van der Waals surface area contributed by atoms with Crippen LogP contribution >= 0.6 is 0 Å². The Hall–Kier alpha value is -2.09. The van der Waals surface area contributed by atoms with Crippen LogP contribution in [0.4, 0.5) is 10.1 Å². The smallest absolute Gasteiger partial charge is 0.270 e. The van der Waals surface area contributed by atoms with Gasteiger partial charge in [-0.3, -0.25) is 10.1 Å². The minimum atomic E-state index is -1.51. The summed E-state index contributed by atoms with van der Waals surface area (Å²) >= 11 is 0. The number of hydrogen-bond donors (Lipinski definition) is 0. The number of rotatable bonds is 2. The van der Waals surface area contributed by atoms with Crippen LogP contribution in [0.1, 0.15) is 25.3 Å². The summed E-state index contributed by atoms with van der Waals surface area (Å²) in [6, 6.07) is 4.24. The van der Waals surface area contributed by atoms with Gasteiger partial charge in [0.2, 0.25) is 0 Å². The van der Waals surface area contributed by atoms with Crippen molar-refractivity contribution in [3.05, 3.63) is 33.9 Å². The van der Waals surface area contributed by atoms with Crippen LogP contribution in [-0.2, 0) is 0 Å². The van der Waals surface area contributed by atoms with Gasteiger partial charge in [-0.2, -0.15) is 0 Å². The van der Waals surface area contributed by atoms with Crippen LogP contribution in [0.15, 0.2) is 18.2 Å². The molecular weight excluding hydrogens is 249 g/mol. The maximum atomic E-state index is 14.2. The van der Waals surface area contributed by atoms with E-state index in [2.05, 4.69) is 5.92 Å². The van der Waals surface area contributed by atoms with E-state index in [-0.39, 0.29) is 12.3 Å². The Bertz CT molecular complexity index is 557. The third kappa shape index (κ3) is 2.39. The Morgan fingerprint density at radius 1 is 1.58 bits per heavy atom. The van der Waals surface area contributed by atoms with Crippen LogP contribution in [-0.4, -0.2) is 17.2 Å². The minimum Gasteiger partial charge on any atom is -0.493 e. The Morgan fingerprint density at radius 2 is 2.26 bits per heavy atom. The Balaban J connectivity index is 2.50. The molecule has 1 aliphatic rings. The molecule has 2 atom stereocenters. The van der Waals surface area contributed by atoms with E-state index < -0.39 is 22.4 Å². The molecule has 2 rings (SSSR count). The molecule has 0 amide bonds. The zero-order chi connectivity index (χ0) is 14.2. The summed E-state index contributed by atoms with van der Waals surface area (Å²) < 4.78 is 19.6. The number of nitrogens with zero attached hydrogens (tertiary/aromatic N) is 1. The number of terminal acetylenes is 1. The molecule has 0 aliphatic carbocycles. The van der Waals surface area contributed by atoms with E-state index in [9.17, 15) is 14.5 Å². The van der Waals surface area contributed by atoms with Gasteiger partial charge in [-0.05, 0) is 19.9 Å². The predicted octanol–water partition coefficient (Wildman–Crippen LogP) is 3.07. The zero-order valence-corrected chi connectivity index (χ0v) is 10.7. The van der Waals surface area contributed by atoms with Crippen LogP contribution in [0.25, 0.3) is 0 Å². The van der Waals surface area contributed by atoms with E-state index >= 15 is 0 Å². The SMILES string of the molecule is C#C[C@@H]1c2cc([N+](=O)[O-])ccc2OC[C@H]1C(C)(C)F. The first kappa shape index (κ1) is 13.3. The minimum absolute atomic E-state index is 0.0695. The maximum absolute atomic E-state index is 14.2. The summed E-state index contributed by atoms with van der Waals surface area (Å²) in [4.78, 5) is 10.3. The van der Waals surface area contributed by atoms with Crippen molar-refractivity contribution in [2.24, 2.45) is 5.92 Å². The normalized spacial score (nSPS) is 22.0. The molecule has 0 radical (unpaired) electrons. The van der Waals surface area contributed by atoms with Crippen LogP contribution in [0, 0.1) is 28.4 Å². The van der Waals surface area contributed by atoms with Gasteiger partial charge in [0, 0.05) is 23.6 Å². The first-order chi connectivity index (χ1) is 8.84. The number of nitro groups is 1. The molecular formula is C14H14FNO3. The van der Waals surface area contributed by atoms with Gasteiger partial charge in [0.05, 0.1) is 17.4 Å². The molecule has 19 heavy (non-hydrogen) atoms. The third-order valence-electron chi connectivity index (χ3n) is 3.42. The van der Waals surface area contributed by atoms with Gasteiger partial charge >= 0.3 is 0 Å². The molecule has 0 saturated heterocycles. The molecule has 0 spiro atoms. The number of ether oxygens (including phenoxy) is 1. The van der Waals surface area contributed by atoms with E-state index in [0.717, 1.165) is 0 Å². The fourth-order valence-corrected chi connectivity index (χ4v) is 2.32. The average Bonchev–Trinajstić information content (AvgIpc) is 2.35. The first-order valence-electron chi connectivity index (χ1n) is 5.90. The Labute approximate surface area is 110 Å². The summed E-state index contributed by atoms with van der Waals surface area (Å²) in [5.41, 5.74) is -1.07. The average molecular weight is 263 g/mol. The lowest BCUT2D eigenvalue weighted by atomic mass is 9.76. The Morgan fingerprint density at radius 3 is 2.79 bits per heavy atom. The van der Waals surface area contributed by atoms with Gasteiger partial charge in [0.15, 0.2) is 0 Å². The van der Waals surface area contributed by atoms with Crippen LogP contribution in [0.5, 0.6) is 5.75 Å². The second kappa shape index (κ2) is 4.54. The van der Waals surface area contributed by atoms with E-state index in [1.54, 1.807) is 0 Å². The van der Waals surface area contributed by atoms with E-state index in [1.165, 1.54) is 32.0 Å². The molecule has 1 heterocycles. The van der Waals surface area contributed by atoms with Gasteiger partial charge in [-0.15, -0.1) is 6.42 Å². The molecule has 0 unspecified atom stereocenters. The number of benzene rings is 1. The summed E-state index contributed by atoms with van der Waals surface area (Å²) in [5, 5.41) is 10.8. The van der Waals surface area contributed by atoms with Crippen molar-refractivity contribution >= 4 is 5.69 Å². The molecule has 100 valence electrons. The van der Waals surface area contributed by atoms with Gasteiger partial charge in [-0.1, -0.05) is 5.92 Å². The van der Waals surface area contributed by atoms with Crippen LogP contribution in [0.2, 0.25) is 0 Å². The molecule has 0 fully saturated rings. The summed E-state index contributed by atoms with van der Waals surface area (Å²) in [6.07, 6.45) is 5.49. The van der Waals surface area contributed by atoms with Crippen molar-refractivity contribution < 1.29 is 14.1 Å². The summed E-state index contributed by atoms with van der Waals surface area (Å²) in [5.74, 6) is 1.99. The lowest BCUT2D eigenvalue weighted by Gasteiger charge is -2.36. The van der Waals surface area contributed by atoms with E-state index in [4.69, 9.17) is 11.2 Å². The molecule has 0 aromatic heterocycles. The Kier molecular flexibility index (Phi) is 3.19. The number of halogens is 1.